The first kappa shape index (κ1) is 23.2. The van der Waals surface area contributed by atoms with Gasteiger partial charge in [-0.25, -0.2) is 13.8 Å². The number of amides is 1. The molecule has 178 valence electrons. The zero-order valence-corrected chi connectivity index (χ0v) is 18.8. The number of hydrogen-bond donors (Lipinski definition) is 1. The predicted molar refractivity (Wildman–Crippen MR) is 122 cm³/mol. The maximum absolute atomic E-state index is 13.9. The van der Waals surface area contributed by atoms with Crippen molar-refractivity contribution in [2.24, 2.45) is 0 Å². The zero-order chi connectivity index (χ0) is 24.1. The van der Waals surface area contributed by atoms with Gasteiger partial charge in [0.1, 0.15) is 17.7 Å². The Morgan fingerprint density at radius 2 is 1.85 bits per heavy atom. The number of halogens is 2. The molecule has 1 aromatic carbocycles. The van der Waals surface area contributed by atoms with E-state index in [1.54, 1.807) is 18.3 Å². The van der Waals surface area contributed by atoms with Crippen LogP contribution in [0.5, 0.6) is 17.4 Å². The normalized spacial score (nSPS) is 13.9. The van der Waals surface area contributed by atoms with Gasteiger partial charge in [0.15, 0.2) is 11.6 Å². The number of nitrogens with one attached hydrogen (secondary N) is 1. The molecular weight excluding hydrogens is 446 g/mol. The molecule has 4 rings (SSSR count). The highest BCUT2D eigenvalue weighted by molar-refractivity contribution is 6.07. The lowest BCUT2D eigenvalue weighted by Gasteiger charge is -2.34. The Bertz CT molecular complexity index is 1170. The first-order valence-corrected chi connectivity index (χ1v) is 10.7. The van der Waals surface area contributed by atoms with Crippen molar-refractivity contribution in [2.75, 3.05) is 37.5 Å². The maximum Gasteiger partial charge on any atom is 0.261 e. The van der Waals surface area contributed by atoms with Crippen molar-refractivity contribution in [3.8, 4) is 17.4 Å². The number of benzene rings is 1. The summed E-state index contributed by atoms with van der Waals surface area (Å²) in [6.07, 6.45) is 5.49. The van der Waals surface area contributed by atoms with Gasteiger partial charge in [0.2, 0.25) is 5.88 Å². The molecule has 0 unspecified atom stereocenters. The summed E-state index contributed by atoms with van der Waals surface area (Å²) in [5, 5.41) is 2.88. The molecule has 1 amide bonds. The summed E-state index contributed by atoms with van der Waals surface area (Å²) in [6, 6.07) is 6.63. The molecule has 3 aromatic rings. The third-order valence-electron chi connectivity index (χ3n) is 5.53. The molecule has 8 nitrogen and oxygen atoms in total. The van der Waals surface area contributed by atoms with Crippen molar-refractivity contribution in [1.82, 2.24) is 9.97 Å². The topological polar surface area (TPSA) is 85.8 Å². The maximum atomic E-state index is 13.9. The van der Waals surface area contributed by atoms with Crippen LogP contribution in [-0.2, 0) is 0 Å². The summed E-state index contributed by atoms with van der Waals surface area (Å²) >= 11 is 0. The van der Waals surface area contributed by atoms with Crippen LogP contribution in [-0.4, -0.2) is 49.3 Å². The van der Waals surface area contributed by atoms with Gasteiger partial charge in [-0.05, 0) is 18.2 Å². The van der Waals surface area contributed by atoms with Gasteiger partial charge in [0.25, 0.3) is 5.91 Å². The molecule has 0 atom stereocenters. The van der Waals surface area contributed by atoms with Gasteiger partial charge in [0, 0.05) is 50.5 Å². The van der Waals surface area contributed by atoms with Crippen LogP contribution in [0.3, 0.4) is 0 Å². The highest BCUT2D eigenvalue weighted by Crippen LogP contribution is 2.33. The lowest BCUT2D eigenvalue weighted by Crippen LogP contribution is -2.39. The van der Waals surface area contributed by atoms with E-state index in [1.165, 1.54) is 38.7 Å². The summed E-state index contributed by atoms with van der Waals surface area (Å²) in [7, 11) is 3.00. The molecule has 1 saturated heterocycles. The minimum absolute atomic E-state index is 0.0313. The van der Waals surface area contributed by atoms with Gasteiger partial charge in [-0.3, -0.25) is 9.78 Å². The Morgan fingerprint density at radius 1 is 1.06 bits per heavy atom. The fourth-order valence-electron chi connectivity index (χ4n) is 3.78. The summed E-state index contributed by atoms with van der Waals surface area (Å²) in [5.74, 6) is -0.922. The SMILES string of the molecule is COc1cc(N2CCC(Oc3ccc(F)cc3F)CC2)c(NC(=O)c2cnccc2OC)cn1. The number of piperidine rings is 1. The number of pyridine rings is 2. The van der Waals surface area contributed by atoms with Crippen LogP contribution in [0.15, 0.2) is 48.9 Å². The number of carbonyl (C=O) groups is 1. The Morgan fingerprint density at radius 3 is 2.56 bits per heavy atom. The van der Waals surface area contributed by atoms with Crippen LogP contribution < -0.4 is 24.4 Å². The molecular formula is C24H24F2N4O4. The molecule has 0 bridgehead atoms. The third kappa shape index (κ3) is 5.16. The molecule has 1 aliphatic heterocycles. The minimum Gasteiger partial charge on any atom is -0.496 e. The Kier molecular flexibility index (Phi) is 7.05. The van der Waals surface area contributed by atoms with Crippen LogP contribution in [0.25, 0.3) is 0 Å². The Balaban J connectivity index is 1.49. The summed E-state index contributed by atoms with van der Waals surface area (Å²) in [6.45, 7) is 1.17. The fourth-order valence-corrected chi connectivity index (χ4v) is 3.78. The molecule has 3 heterocycles. The smallest absolute Gasteiger partial charge is 0.261 e. The van der Waals surface area contributed by atoms with Crippen LogP contribution >= 0.6 is 0 Å². The highest BCUT2D eigenvalue weighted by atomic mass is 19.1. The minimum atomic E-state index is -0.725. The van der Waals surface area contributed by atoms with Crippen molar-refractivity contribution in [1.29, 1.82) is 0 Å². The van der Waals surface area contributed by atoms with E-state index in [-0.39, 0.29) is 17.8 Å². The summed E-state index contributed by atoms with van der Waals surface area (Å²) < 4.78 is 43.4. The lowest BCUT2D eigenvalue weighted by atomic mass is 10.1. The largest absolute Gasteiger partial charge is 0.496 e. The molecule has 10 heteroatoms. The highest BCUT2D eigenvalue weighted by Gasteiger charge is 2.25. The number of aromatic nitrogens is 2. The van der Waals surface area contributed by atoms with E-state index in [9.17, 15) is 13.6 Å². The number of anilines is 2. The van der Waals surface area contributed by atoms with Crippen molar-refractivity contribution in [3.05, 3.63) is 66.1 Å². The van der Waals surface area contributed by atoms with Gasteiger partial charge in [-0.2, -0.15) is 0 Å². The number of ether oxygens (including phenoxy) is 3. The first-order chi connectivity index (χ1) is 16.5. The van der Waals surface area contributed by atoms with Crippen molar-refractivity contribution < 1.29 is 27.8 Å². The average molecular weight is 470 g/mol. The number of nitrogens with zero attached hydrogens (tertiary/aromatic N) is 3. The molecule has 1 fully saturated rings. The second kappa shape index (κ2) is 10.3. The van der Waals surface area contributed by atoms with Gasteiger partial charge in [0.05, 0.1) is 37.4 Å². The predicted octanol–water partition coefficient (Wildman–Crippen LogP) is 4.07. The molecule has 0 saturated carbocycles. The average Bonchev–Trinajstić information content (AvgIpc) is 2.86. The van der Waals surface area contributed by atoms with E-state index in [2.05, 4.69) is 20.2 Å². The van der Waals surface area contributed by atoms with E-state index >= 15 is 0 Å². The second-order valence-electron chi connectivity index (χ2n) is 7.65. The molecule has 0 spiro atoms. The monoisotopic (exact) mass is 470 g/mol. The van der Waals surface area contributed by atoms with E-state index in [0.29, 0.717) is 48.8 Å². The zero-order valence-electron chi connectivity index (χ0n) is 18.8. The standard InChI is InChI=1S/C24H24F2N4O4/c1-32-21-5-8-27-13-17(21)24(31)29-19-14-28-23(33-2)12-20(19)30-9-6-16(7-10-30)34-22-4-3-15(25)11-18(22)26/h3-5,8,11-14,16H,6-7,9-10H2,1-2H3,(H,29,31). The Hall–Kier alpha value is -3.95. The molecule has 1 N–H and O–H groups in total. The van der Waals surface area contributed by atoms with Crippen LogP contribution in [0.2, 0.25) is 0 Å². The number of hydrogen-bond acceptors (Lipinski definition) is 7. The fraction of sp³-hybridized carbons (Fsp3) is 0.292. The Labute approximate surface area is 195 Å². The molecule has 1 aliphatic rings. The molecule has 0 aliphatic carbocycles. The van der Waals surface area contributed by atoms with E-state index in [4.69, 9.17) is 14.2 Å². The molecule has 2 aromatic heterocycles. The number of carbonyl (C=O) groups excluding carboxylic acids is 1. The first-order valence-electron chi connectivity index (χ1n) is 10.7. The molecule has 34 heavy (non-hydrogen) atoms. The van der Waals surface area contributed by atoms with E-state index in [0.717, 1.165) is 11.8 Å². The van der Waals surface area contributed by atoms with Gasteiger partial charge in [-0.1, -0.05) is 0 Å². The van der Waals surface area contributed by atoms with Crippen LogP contribution in [0.1, 0.15) is 23.2 Å². The van der Waals surface area contributed by atoms with E-state index < -0.39 is 11.6 Å². The van der Waals surface area contributed by atoms with E-state index in [1.807, 2.05) is 0 Å². The van der Waals surface area contributed by atoms with Crippen molar-refractivity contribution in [3.63, 3.8) is 0 Å². The second-order valence-corrected chi connectivity index (χ2v) is 7.65. The number of rotatable bonds is 7. The number of methoxy groups -OCH3 is 2. The van der Waals surface area contributed by atoms with Gasteiger partial charge < -0.3 is 24.4 Å². The van der Waals surface area contributed by atoms with Gasteiger partial charge >= 0.3 is 0 Å². The van der Waals surface area contributed by atoms with Crippen molar-refractivity contribution >= 4 is 17.3 Å². The van der Waals surface area contributed by atoms with Crippen LogP contribution in [0.4, 0.5) is 20.2 Å². The lowest BCUT2D eigenvalue weighted by molar-refractivity contribution is 0.102. The molecule has 0 radical (unpaired) electrons. The summed E-state index contributed by atoms with van der Waals surface area (Å²) in [5.41, 5.74) is 1.52. The third-order valence-corrected chi connectivity index (χ3v) is 5.53. The van der Waals surface area contributed by atoms with Gasteiger partial charge in [-0.15, -0.1) is 0 Å². The van der Waals surface area contributed by atoms with Crippen LogP contribution in [0, 0.1) is 11.6 Å². The quantitative estimate of drug-likeness (QED) is 0.557. The summed E-state index contributed by atoms with van der Waals surface area (Å²) in [4.78, 5) is 23.2. The van der Waals surface area contributed by atoms with Crippen molar-refractivity contribution in [2.45, 2.75) is 18.9 Å².